The van der Waals surface area contributed by atoms with E-state index in [1.807, 2.05) is 6.07 Å². The highest BCUT2D eigenvalue weighted by Gasteiger charge is 2.18. The molecule has 0 atom stereocenters. The highest BCUT2D eigenvalue weighted by molar-refractivity contribution is 5.96. The normalized spacial score (nSPS) is 16.3. The molecule has 24 heavy (non-hydrogen) atoms. The summed E-state index contributed by atoms with van der Waals surface area (Å²) in [5.74, 6) is 0.937. The molecule has 2 aromatic rings. The summed E-state index contributed by atoms with van der Waals surface area (Å²) in [6.07, 6.45) is 0. The van der Waals surface area contributed by atoms with E-state index in [1.54, 1.807) is 0 Å². The van der Waals surface area contributed by atoms with E-state index >= 15 is 0 Å². The highest BCUT2D eigenvalue weighted by Crippen LogP contribution is 2.20. The van der Waals surface area contributed by atoms with Gasteiger partial charge in [0.1, 0.15) is 0 Å². The van der Waals surface area contributed by atoms with Crippen molar-refractivity contribution in [1.29, 1.82) is 0 Å². The zero-order chi connectivity index (χ0) is 16.9. The summed E-state index contributed by atoms with van der Waals surface area (Å²) >= 11 is 0. The van der Waals surface area contributed by atoms with Crippen molar-refractivity contribution in [3.8, 4) is 0 Å². The third-order valence-electron chi connectivity index (χ3n) is 4.54. The quantitative estimate of drug-likeness (QED) is 0.676. The number of nitrogens with zero attached hydrogens (tertiary/aromatic N) is 3. The van der Waals surface area contributed by atoms with Gasteiger partial charge in [-0.05, 0) is 44.2 Å². The van der Waals surface area contributed by atoms with Crippen LogP contribution >= 0.6 is 0 Å². The van der Waals surface area contributed by atoms with Gasteiger partial charge in [0.05, 0.1) is 5.69 Å². The van der Waals surface area contributed by atoms with Crippen LogP contribution in [0.15, 0.2) is 53.5 Å². The molecule has 126 valence electrons. The number of piperazine rings is 1. The van der Waals surface area contributed by atoms with Crippen LogP contribution in [0.5, 0.6) is 0 Å². The third kappa shape index (κ3) is 3.95. The fourth-order valence-electron chi connectivity index (χ4n) is 2.83. The summed E-state index contributed by atoms with van der Waals surface area (Å²) in [6, 6.07) is 16.6. The zero-order valence-electron chi connectivity index (χ0n) is 14.8. The van der Waals surface area contributed by atoms with Crippen molar-refractivity contribution < 1.29 is 0 Å². The monoisotopic (exact) mass is 322 g/mol. The fourth-order valence-corrected chi connectivity index (χ4v) is 2.83. The van der Waals surface area contributed by atoms with Crippen LogP contribution in [0.25, 0.3) is 0 Å². The highest BCUT2D eigenvalue weighted by atomic mass is 15.3. The summed E-state index contributed by atoms with van der Waals surface area (Å²) in [5.41, 5.74) is 4.55. The van der Waals surface area contributed by atoms with Crippen LogP contribution < -0.4 is 5.32 Å². The lowest BCUT2D eigenvalue weighted by molar-refractivity contribution is 0.215. The molecule has 0 unspecified atom stereocenters. The van der Waals surface area contributed by atoms with Gasteiger partial charge in [-0.15, -0.1) is 0 Å². The maximum atomic E-state index is 4.96. The molecule has 1 aliphatic rings. The van der Waals surface area contributed by atoms with Crippen LogP contribution in [0, 0.1) is 13.8 Å². The van der Waals surface area contributed by atoms with Gasteiger partial charge in [0.15, 0.2) is 0 Å². The van der Waals surface area contributed by atoms with Gasteiger partial charge in [-0.25, -0.2) is 4.99 Å². The first kappa shape index (κ1) is 16.5. The Morgan fingerprint density at radius 2 is 1.50 bits per heavy atom. The largest absolute Gasteiger partial charge is 0.340 e. The van der Waals surface area contributed by atoms with Gasteiger partial charge in [-0.3, -0.25) is 0 Å². The number of rotatable bonds is 2. The minimum Gasteiger partial charge on any atom is -0.340 e. The third-order valence-corrected chi connectivity index (χ3v) is 4.54. The van der Waals surface area contributed by atoms with Crippen molar-refractivity contribution in [3.63, 3.8) is 0 Å². The molecule has 0 saturated carbocycles. The van der Waals surface area contributed by atoms with E-state index in [9.17, 15) is 0 Å². The molecular formula is C20H26N4. The molecule has 0 aliphatic carbocycles. The summed E-state index contributed by atoms with van der Waals surface area (Å²) in [6.45, 7) is 8.32. The molecule has 1 saturated heterocycles. The van der Waals surface area contributed by atoms with Crippen molar-refractivity contribution in [2.45, 2.75) is 13.8 Å². The molecule has 4 nitrogen and oxygen atoms in total. The minimum absolute atomic E-state index is 0.937. The number of nitrogens with one attached hydrogen (secondary N) is 1. The maximum absolute atomic E-state index is 4.96. The standard InChI is InChI=1S/C20H26N4/c1-16-8-4-6-10-18(16)21-20(24-14-12-23(3)13-15-24)22-19-11-7-5-9-17(19)2/h4-11H,12-15H2,1-3H3,(H,21,22). The van der Waals surface area contributed by atoms with E-state index in [0.717, 1.165) is 43.5 Å². The summed E-state index contributed by atoms with van der Waals surface area (Å²) < 4.78 is 0. The van der Waals surface area contributed by atoms with Crippen LogP contribution in [-0.2, 0) is 0 Å². The number of likely N-dealkylation sites (N-methyl/N-ethyl adjacent to an activating group) is 1. The summed E-state index contributed by atoms with van der Waals surface area (Å²) in [5, 5.41) is 3.56. The number of hydrogen-bond acceptors (Lipinski definition) is 2. The van der Waals surface area contributed by atoms with Crippen LogP contribution in [0.3, 0.4) is 0 Å². The number of aryl methyl sites for hydroxylation is 2. The molecule has 4 heteroatoms. The number of aliphatic imine (C=N–C) groups is 1. The van der Waals surface area contributed by atoms with Gasteiger partial charge in [-0.1, -0.05) is 36.4 Å². The minimum atomic E-state index is 0.937. The first-order valence-corrected chi connectivity index (χ1v) is 8.54. The molecule has 1 fully saturated rings. The molecule has 0 spiro atoms. The van der Waals surface area contributed by atoms with E-state index in [-0.39, 0.29) is 0 Å². The Bertz CT molecular complexity index is 715. The Labute approximate surface area is 144 Å². The van der Waals surface area contributed by atoms with Gasteiger partial charge >= 0.3 is 0 Å². The average molecular weight is 322 g/mol. The van der Waals surface area contributed by atoms with E-state index in [4.69, 9.17) is 4.99 Å². The van der Waals surface area contributed by atoms with Gasteiger partial charge in [0.2, 0.25) is 5.96 Å². The molecule has 3 rings (SSSR count). The second kappa shape index (κ2) is 7.49. The lowest BCUT2D eigenvalue weighted by Crippen LogP contribution is -2.49. The van der Waals surface area contributed by atoms with Gasteiger partial charge in [0, 0.05) is 31.9 Å². The zero-order valence-corrected chi connectivity index (χ0v) is 14.8. The molecule has 0 bridgehead atoms. The predicted octanol–water partition coefficient (Wildman–Crippen LogP) is 3.65. The van der Waals surface area contributed by atoms with Crippen molar-refractivity contribution in [3.05, 3.63) is 59.7 Å². The Balaban J connectivity index is 1.92. The van der Waals surface area contributed by atoms with Gasteiger partial charge < -0.3 is 15.1 Å². The van der Waals surface area contributed by atoms with Crippen LogP contribution in [-0.4, -0.2) is 49.0 Å². The lowest BCUT2D eigenvalue weighted by atomic mass is 10.2. The van der Waals surface area contributed by atoms with Crippen LogP contribution in [0.2, 0.25) is 0 Å². The molecule has 0 amide bonds. The smallest absolute Gasteiger partial charge is 0.203 e. The number of benzene rings is 2. The topological polar surface area (TPSA) is 30.9 Å². The van der Waals surface area contributed by atoms with Crippen molar-refractivity contribution in [2.75, 3.05) is 38.5 Å². The first-order chi connectivity index (χ1) is 11.6. The number of para-hydroxylation sites is 2. The fraction of sp³-hybridized carbons (Fsp3) is 0.350. The van der Waals surface area contributed by atoms with Crippen LogP contribution in [0.4, 0.5) is 11.4 Å². The van der Waals surface area contributed by atoms with Crippen molar-refractivity contribution in [2.24, 2.45) is 4.99 Å². The molecule has 1 heterocycles. The molecule has 1 N–H and O–H groups in total. The Morgan fingerprint density at radius 3 is 2.17 bits per heavy atom. The molecule has 0 aromatic heterocycles. The second-order valence-corrected chi connectivity index (χ2v) is 6.45. The summed E-state index contributed by atoms with van der Waals surface area (Å²) in [7, 11) is 2.17. The van der Waals surface area contributed by atoms with E-state index in [0.29, 0.717) is 0 Å². The predicted molar refractivity (Wildman–Crippen MR) is 102 cm³/mol. The first-order valence-electron chi connectivity index (χ1n) is 8.54. The average Bonchev–Trinajstić information content (AvgIpc) is 2.59. The second-order valence-electron chi connectivity index (χ2n) is 6.45. The maximum Gasteiger partial charge on any atom is 0.203 e. The van der Waals surface area contributed by atoms with E-state index in [2.05, 4.69) is 78.5 Å². The van der Waals surface area contributed by atoms with Crippen molar-refractivity contribution in [1.82, 2.24) is 9.80 Å². The summed E-state index contributed by atoms with van der Waals surface area (Å²) in [4.78, 5) is 9.66. The Hall–Kier alpha value is -2.33. The lowest BCUT2D eigenvalue weighted by Gasteiger charge is -2.35. The number of hydrogen-bond donors (Lipinski definition) is 1. The Kier molecular flexibility index (Phi) is 5.16. The molecule has 1 aliphatic heterocycles. The van der Waals surface area contributed by atoms with Gasteiger partial charge in [0.25, 0.3) is 0 Å². The molecule has 2 aromatic carbocycles. The molecule has 0 radical (unpaired) electrons. The van der Waals surface area contributed by atoms with Gasteiger partial charge in [-0.2, -0.15) is 0 Å². The number of guanidine groups is 1. The van der Waals surface area contributed by atoms with Crippen LogP contribution in [0.1, 0.15) is 11.1 Å². The molecular weight excluding hydrogens is 296 g/mol. The van der Waals surface area contributed by atoms with Crippen molar-refractivity contribution >= 4 is 17.3 Å². The number of anilines is 1. The Morgan fingerprint density at radius 1 is 0.875 bits per heavy atom. The van der Waals surface area contributed by atoms with E-state index in [1.165, 1.54) is 11.1 Å². The van der Waals surface area contributed by atoms with E-state index < -0.39 is 0 Å². The SMILES string of the molecule is Cc1ccccc1N=C(Nc1ccccc1C)N1CCN(C)CC1.